The molecule has 148 valence electrons. The molecule has 1 aromatic heterocycles. The van der Waals surface area contributed by atoms with Crippen LogP contribution in [0.4, 0.5) is 4.39 Å². The zero-order chi connectivity index (χ0) is 20.5. The molecule has 0 bridgehead atoms. The zero-order valence-corrected chi connectivity index (χ0v) is 16.2. The number of ether oxygens (including phenoxy) is 1. The summed E-state index contributed by atoms with van der Waals surface area (Å²) in [6.45, 7) is 5.73. The second kappa shape index (κ2) is 10.4. The Morgan fingerprint density at radius 3 is 2.79 bits per heavy atom. The van der Waals surface area contributed by atoms with Gasteiger partial charge in [0.1, 0.15) is 11.6 Å². The fourth-order valence-electron chi connectivity index (χ4n) is 2.25. The topological polar surface area (TPSA) is 80.3 Å². The van der Waals surface area contributed by atoms with E-state index in [1.807, 2.05) is 6.92 Å². The minimum absolute atomic E-state index is 0.0237. The first-order chi connectivity index (χ1) is 13.4. The molecule has 1 heterocycles. The van der Waals surface area contributed by atoms with Crippen LogP contribution in [-0.4, -0.2) is 29.9 Å². The maximum absolute atomic E-state index is 13.3. The molecule has 0 unspecified atom stereocenters. The first-order valence-corrected chi connectivity index (χ1v) is 9.04. The highest BCUT2D eigenvalue weighted by atomic mass is 35.5. The normalized spacial score (nSPS) is 10.2. The van der Waals surface area contributed by atoms with Crippen molar-refractivity contribution >= 4 is 23.4 Å². The van der Waals surface area contributed by atoms with Gasteiger partial charge in [-0.25, -0.2) is 4.39 Å². The van der Waals surface area contributed by atoms with Gasteiger partial charge in [0.05, 0.1) is 10.6 Å². The fraction of sp³-hybridized carbons (Fsp3) is 0.250. The molecule has 0 aliphatic rings. The highest BCUT2D eigenvalue weighted by Crippen LogP contribution is 2.20. The highest BCUT2D eigenvalue weighted by molar-refractivity contribution is 6.30. The van der Waals surface area contributed by atoms with Gasteiger partial charge in [0.2, 0.25) is 0 Å². The Kier molecular flexibility index (Phi) is 7.95. The smallest absolute Gasteiger partial charge is 0.262 e. The molecule has 0 saturated heterocycles. The molecule has 0 atom stereocenters. The lowest BCUT2D eigenvalue weighted by atomic mass is 10.1. The van der Waals surface area contributed by atoms with Crippen molar-refractivity contribution in [1.82, 2.24) is 15.6 Å². The number of hydrogen-bond acceptors (Lipinski definition) is 4. The van der Waals surface area contributed by atoms with Crippen molar-refractivity contribution in [3.05, 3.63) is 70.9 Å². The minimum atomic E-state index is -0.626. The molecular weight excluding hydrogens is 385 g/mol. The van der Waals surface area contributed by atoms with Gasteiger partial charge >= 0.3 is 0 Å². The second-order valence-corrected chi connectivity index (χ2v) is 6.36. The van der Waals surface area contributed by atoms with Gasteiger partial charge in [-0.3, -0.25) is 14.6 Å². The van der Waals surface area contributed by atoms with Crippen LogP contribution in [-0.2, 0) is 11.2 Å². The van der Waals surface area contributed by atoms with Crippen molar-refractivity contribution in [3.63, 3.8) is 0 Å². The summed E-state index contributed by atoms with van der Waals surface area (Å²) >= 11 is 5.58. The first-order valence-electron chi connectivity index (χ1n) is 8.66. The van der Waals surface area contributed by atoms with E-state index in [2.05, 4.69) is 22.2 Å². The molecule has 0 aliphatic carbocycles. The lowest BCUT2D eigenvalue weighted by Crippen LogP contribution is -2.31. The Labute approximate surface area is 167 Å². The Morgan fingerprint density at radius 1 is 1.29 bits per heavy atom. The summed E-state index contributed by atoms with van der Waals surface area (Å²) < 4.78 is 18.5. The second-order valence-electron chi connectivity index (χ2n) is 5.96. The third-order valence-corrected chi connectivity index (χ3v) is 4.06. The molecule has 0 saturated carbocycles. The lowest BCUT2D eigenvalue weighted by molar-refractivity contribution is -0.122. The monoisotopic (exact) mass is 405 g/mol. The van der Waals surface area contributed by atoms with E-state index in [0.29, 0.717) is 24.2 Å². The molecular formula is C20H21ClFN3O3. The van der Waals surface area contributed by atoms with Gasteiger partial charge in [-0.15, -0.1) is 0 Å². The van der Waals surface area contributed by atoms with Crippen LogP contribution in [0.5, 0.6) is 5.75 Å². The number of pyridine rings is 1. The van der Waals surface area contributed by atoms with E-state index < -0.39 is 11.7 Å². The average Bonchev–Trinajstić information content (AvgIpc) is 2.68. The van der Waals surface area contributed by atoms with E-state index in [-0.39, 0.29) is 23.3 Å². The number of aryl methyl sites for hydroxylation is 1. The maximum Gasteiger partial charge on any atom is 0.262 e. The van der Waals surface area contributed by atoms with E-state index in [4.69, 9.17) is 16.3 Å². The Balaban J connectivity index is 1.70. The van der Waals surface area contributed by atoms with E-state index in [9.17, 15) is 14.0 Å². The number of halogens is 2. The molecule has 6 nitrogen and oxygen atoms in total. The van der Waals surface area contributed by atoms with Gasteiger partial charge in [0.15, 0.2) is 6.61 Å². The number of aromatic nitrogens is 1. The number of hydrogen-bond donors (Lipinski definition) is 2. The van der Waals surface area contributed by atoms with Crippen LogP contribution < -0.4 is 15.4 Å². The summed E-state index contributed by atoms with van der Waals surface area (Å²) in [7, 11) is 0. The van der Waals surface area contributed by atoms with Crippen LogP contribution in [0, 0.1) is 5.82 Å². The Morgan fingerprint density at radius 2 is 2.07 bits per heavy atom. The number of benzene rings is 1. The molecule has 0 fully saturated rings. The van der Waals surface area contributed by atoms with E-state index in [0.717, 1.165) is 18.1 Å². The van der Waals surface area contributed by atoms with Crippen molar-refractivity contribution in [2.75, 3.05) is 13.2 Å². The standard InChI is InChI=1S/C20H21ClFN3O3/c1-3-14-8-15(11-23-10-14)20(27)24-7-6-13(2)25-19(26)12-28-16-4-5-17(21)18(22)9-16/h4-5,8-11H,2-3,6-7,12H2,1H3,(H,24,27)(H,25,26). The van der Waals surface area contributed by atoms with E-state index >= 15 is 0 Å². The molecule has 28 heavy (non-hydrogen) atoms. The van der Waals surface area contributed by atoms with Gasteiger partial charge in [-0.05, 0) is 30.2 Å². The zero-order valence-electron chi connectivity index (χ0n) is 15.4. The maximum atomic E-state index is 13.3. The van der Waals surface area contributed by atoms with Gasteiger partial charge in [-0.2, -0.15) is 0 Å². The van der Waals surface area contributed by atoms with Crippen molar-refractivity contribution < 1.29 is 18.7 Å². The number of rotatable bonds is 9. The van der Waals surface area contributed by atoms with E-state index in [1.54, 1.807) is 12.3 Å². The minimum Gasteiger partial charge on any atom is -0.484 e. The number of nitrogens with one attached hydrogen (secondary N) is 2. The van der Waals surface area contributed by atoms with Crippen LogP contribution in [0.2, 0.25) is 5.02 Å². The summed E-state index contributed by atoms with van der Waals surface area (Å²) in [5, 5.41) is 5.29. The summed E-state index contributed by atoms with van der Waals surface area (Å²) in [6, 6.07) is 5.70. The first kappa shape index (κ1) is 21.4. The van der Waals surface area contributed by atoms with Crippen LogP contribution >= 0.6 is 11.6 Å². The molecule has 0 radical (unpaired) electrons. The molecule has 2 amide bonds. The molecule has 1 aromatic carbocycles. The van der Waals surface area contributed by atoms with Gasteiger partial charge in [-0.1, -0.05) is 25.1 Å². The number of nitrogens with zero attached hydrogens (tertiary/aromatic N) is 1. The summed E-state index contributed by atoms with van der Waals surface area (Å²) in [5.74, 6) is -1.11. The van der Waals surface area contributed by atoms with Gasteiger partial charge < -0.3 is 15.4 Å². The molecule has 2 N–H and O–H groups in total. The van der Waals surface area contributed by atoms with Crippen molar-refractivity contribution in [2.24, 2.45) is 0 Å². The summed E-state index contributed by atoms with van der Waals surface area (Å²) in [4.78, 5) is 28.0. The van der Waals surface area contributed by atoms with Crippen molar-refractivity contribution in [2.45, 2.75) is 19.8 Å². The molecule has 2 aromatic rings. The number of amides is 2. The predicted octanol–water partition coefficient (Wildman–Crippen LogP) is 3.27. The summed E-state index contributed by atoms with van der Waals surface area (Å²) in [6.07, 6.45) is 4.37. The predicted molar refractivity (Wildman–Crippen MR) is 105 cm³/mol. The molecule has 0 spiro atoms. The molecule has 2 rings (SSSR count). The third kappa shape index (κ3) is 6.66. The fourth-order valence-corrected chi connectivity index (χ4v) is 2.36. The van der Waals surface area contributed by atoms with Gasteiger partial charge in [0.25, 0.3) is 11.8 Å². The van der Waals surface area contributed by atoms with Crippen LogP contribution in [0.3, 0.4) is 0 Å². The number of carbonyl (C=O) groups is 2. The van der Waals surface area contributed by atoms with Crippen molar-refractivity contribution in [3.8, 4) is 5.75 Å². The third-order valence-electron chi connectivity index (χ3n) is 3.75. The van der Waals surface area contributed by atoms with Crippen LogP contribution in [0.1, 0.15) is 29.3 Å². The van der Waals surface area contributed by atoms with Gasteiger partial charge in [0, 0.05) is 37.1 Å². The number of carbonyl (C=O) groups excluding carboxylic acids is 2. The highest BCUT2D eigenvalue weighted by Gasteiger charge is 2.09. The van der Waals surface area contributed by atoms with Crippen molar-refractivity contribution in [1.29, 1.82) is 0 Å². The SMILES string of the molecule is C=C(CCNC(=O)c1cncc(CC)c1)NC(=O)COc1ccc(Cl)c(F)c1. The average molecular weight is 406 g/mol. The summed E-state index contributed by atoms with van der Waals surface area (Å²) in [5.41, 5.74) is 1.89. The van der Waals surface area contributed by atoms with Crippen LogP contribution in [0.15, 0.2) is 48.9 Å². The quantitative estimate of drug-likeness (QED) is 0.671. The van der Waals surface area contributed by atoms with E-state index in [1.165, 1.54) is 18.3 Å². The van der Waals surface area contributed by atoms with Crippen LogP contribution in [0.25, 0.3) is 0 Å². The Bertz CT molecular complexity index is 874. The Hall–Kier alpha value is -2.93. The largest absolute Gasteiger partial charge is 0.484 e. The molecule has 8 heteroatoms. The molecule has 0 aliphatic heterocycles. The lowest BCUT2D eigenvalue weighted by Gasteiger charge is -2.11.